The van der Waals surface area contributed by atoms with Crippen molar-refractivity contribution >= 4 is 9.52 Å². The third-order valence-corrected chi connectivity index (χ3v) is 5.84. The number of hydrogen-bond donors (Lipinski definition) is 1. The van der Waals surface area contributed by atoms with E-state index in [9.17, 15) is 0 Å². The lowest BCUT2D eigenvalue weighted by molar-refractivity contribution is 0.602. The van der Waals surface area contributed by atoms with E-state index in [0.717, 1.165) is 5.54 Å². The van der Waals surface area contributed by atoms with Crippen LogP contribution in [-0.2, 0) is 0 Å². The summed E-state index contributed by atoms with van der Waals surface area (Å²) in [7, 11) is 0.107. The largest absolute Gasteiger partial charge is 0.365 e. The van der Waals surface area contributed by atoms with E-state index in [2.05, 4.69) is 35.8 Å². The van der Waals surface area contributed by atoms with Gasteiger partial charge in [0.15, 0.2) is 0 Å². The Morgan fingerprint density at radius 3 is 3.00 bits per heavy atom. The molecule has 1 nitrogen and oxygen atoms in total. The molecule has 2 rings (SSSR count). The number of rotatable bonds is 1. The van der Waals surface area contributed by atoms with E-state index in [-0.39, 0.29) is 9.52 Å². The highest BCUT2D eigenvalue weighted by Gasteiger charge is 2.15. The molecule has 2 heterocycles. The van der Waals surface area contributed by atoms with E-state index < -0.39 is 0 Å². The van der Waals surface area contributed by atoms with Gasteiger partial charge in [-0.2, -0.15) is 0 Å². The Morgan fingerprint density at radius 1 is 1.07 bits per heavy atom. The first kappa shape index (κ1) is 10.7. The SMILES string of the molecule is C1=CC=C(C2CCCCCC[SiH2]2)NC=C1. The third-order valence-electron chi connectivity index (χ3n) is 3.39. The number of nitrogens with one attached hydrogen (secondary N) is 1. The summed E-state index contributed by atoms with van der Waals surface area (Å²) in [6.45, 7) is 0. The normalized spacial score (nSPS) is 28.8. The zero-order chi connectivity index (χ0) is 10.3. The summed E-state index contributed by atoms with van der Waals surface area (Å²) in [5.74, 6) is 0. The highest BCUT2D eigenvalue weighted by molar-refractivity contribution is 6.38. The zero-order valence-corrected chi connectivity index (χ0v) is 10.8. The van der Waals surface area contributed by atoms with Crippen molar-refractivity contribution in [3.05, 3.63) is 36.2 Å². The Bertz CT molecular complexity index is 270. The average Bonchev–Trinajstić information content (AvgIpc) is 2.45. The van der Waals surface area contributed by atoms with Crippen LogP contribution in [0.1, 0.15) is 32.1 Å². The second kappa shape index (κ2) is 5.96. The minimum Gasteiger partial charge on any atom is -0.365 e. The molecule has 0 bridgehead atoms. The van der Waals surface area contributed by atoms with E-state index in [1.165, 1.54) is 43.8 Å². The van der Waals surface area contributed by atoms with Gasteiger partial charge < -0.3 is 5.32 Å². The quantitative estimate of drug-likeness (QED) is 0.669. The molecule has 1 fully saturated rings. The highest BCUT2D eigenvalue weighted by Crippen LogP contribution is 2.27. The molecule has 82 valence electrons. The molecular formula is C13H21NSi. The molecule has 1 saturated heterocycles. The lowest BCUT2D eigenvalue weighted by Gasteiger charge is -2.21. The smallest absolute Gasteiger partial charge is 0.0306 e. The van der Waals surface area contributed by atoms with Crippen LogP contribution in [-0.4, -0.2) is 9.52 Å². The van der Waals surface area contributed by atoms with Gasteiger partial charge in [-0.3, -0.25) is 0 Å². The molecule has 2 heteroatoms. The molecule has 2 aliphatic rings. The maximum absolute atomic E-state index is 3.45. The topological polar surface area (TPSA) is 12.0 Å². The van der Waals surface area contributed by atoms with Crippen molar-refractivity contribution < 1.29 is 0 Å². The van der Waals surface area contributed by atoms with Crippen LogP contribution in [0.15, 0.2) is 36.2 Å². The fourth-order valence-electron chi connectivity index (χ4n) is 2.49. The van der Waals surface area contributed by atoms with Gasteiger partial charge in [0.05, 0.1) is 0 Å². The van der Waals surface area contributed by atoms with Crippen LogP contribution in [0, 0.1) is 0 Å². The molecule has 15 heavy (non-hydrogen) atoms. The summed E-state index contributed by atoms with van der Waals surface area (Å²) in [5.41, 5.74) is 2.38. The maximum atomic E-state index is 3.45. The zero-order valence-electron chi connectivity index (χ0n) is 9.41. The molecular weight excluding hydrogens is 198 g/mol. The molecule has 0 aliphatic carbocycles. The first-order valence-electron chi connectivity index (χ1n) is 6.27. The molecule has 1 atom stereocenters. The maximum Gasteiger partial charge on any atom is 0.0306 e. The van der Waals surface area contributed by atoms with E-state index in [1.54, 1.807) is 0 Å². The molecule has 0 radical (unpaired) electrons. The van der Waals surface area contributed by atoms with E-state index in [4.69, 9.17) is 0 Å². The molecule has 1 N–H and O–H groups in total. The Balaban J connectivity index is 1.97. The Kier molecular flexibility index (Phi) is 4.27. The van der Waals surface area contributed by atoms with Crippen molar-refractivity contribution in [2.24, 2.45) is 0 Å². The monoisotopic (exact) mass is 219 g/mol. The summed E-state index contributed by atoms with van der Waals surface area (Å²) in [6, 6.07) is 1.54. The van der Waals surface area contributed by atoms with Crippen molar-refractivity contribution in [2.75, 3.05) is 0 Å². The highest BCUT2D eigenvalue weighted by atomic mass is 28.2. The van der Waals surface area contributed by atoms with Crippen LogP contribution >= 0.6 is 0 Å². The predicted molar refractivity (Wildman–Crippen MR) is 69.7 cm³/mol. The van der Waals surface area contributed by atoms with E-state index in [1.807, 2.05) is 0 Å². The fourth-order valence-corrected chi connectivity index (χ4v) is 4.77. The van der Waals surface area contributed by atoms with Crippen LogP contribution in [0.5, 0.6) is 0 Å². The fraction of sp³-hybridized carbons (Fsp3) is 0.538. The van der Waals surface area contributed by atoms with Crippen molar-refractivity contribution in [3.63, 3.8) is 0 Å². The van der Waals surface area contributed by atoms with Crippen molar-refractivity contribution in [2.45, 2.75) is 43.7 Å². The summed E-state index contributed by atoms with van der Waals surface area (Å²) in [6.07, 6.45) is 18.0. The van der Waals surface area contributed by atoms with Gasteiger partial charge in [0.25, 0.3) is 0 Å². The molecule has 1 unspecified atom stereocenters. The van der Waals surface area contributed by atoms with Crippen molar-refractivity contribution in [1.29, 1.82) is 0 Å². The van der Waals surface area contributed by atoms with Gasteiger partial charge in [0.1, 0.15) is 0 Å². The first-order chi connectivity index (χ1) is 7.47. The molecule has 2 aliphatic heterocycles. The molecule has 0 aromatic heterocycles. The van der Waals surface area contributed by atoms with Crippen LogP contribution in [0.3, 0.4) is 0 Å². The summed E-state index contributed by atoms with van der Waals surface area (Å²) in [4.78, 5) is 0. The minimum atomic E-state index is 0.107. The first-order valence-corrected chi connectivity index (χ1v) is 8.08. The molecule has 0 amide bonds. The Hall–Kier alpha value is -0.763. The average molecular weight is 219 g/mol. The third kappa shape index (κ3) is 3.38. The van der Waals surface area contributed by atoms with Gasteiger partial charge in [-0.1, -0.05) is 43.9 Å². The van der Waals surface area contributed by atoms with Crippen LogP contribution in [0.2, 0.25) is 11.6 Å². The van der Waals surface area contributed by atoms with Crippen LogP contribution < -0.4 is 5.32 Å². The standard InChI is InChI=1S/C13H21NSi/c1-2-7-11-15-13(9-5-1)12-8-4-3-6-10-14-12/h3-4,6,8,10,13-14H,1-2,5,7,9,11,15H2. The predicted octanol–water partition coefficient (Wildman–Crippen LogP) is 2.88. The molecule has 0 aromatic carbocycles. The van der Waals surface area contributed by atoms with Gasteiger partial charge in [0, 0.05) is 21.4 Å². The van der Waals surface area contributed by atoms with Crippen molar-refractivity contribution in [1.82, 2.24) is 5.32 Å². The van der Waals surface area contributed by atoms with Crippen molar-refractivity contribution in [3.8, 4) is 0 Å². The van der Waals surface area contributed by atoms with Gasteiger partial charge in [0.2, 0.25) is 0 Å². The molecule has 0 spiro atoms. The Morgan fingerprint density at radius 2 is 2.00 bits per heavy atom. The number of allylic oxidation sites excluding steroid dienone is 5. The van der Waals surface area contributed by atoms with E-state index in [0.29, 0.717) is 0 Å². The molecule has 0 aromatic rings. The number of hydrogen-bond acceptors (Lipinski definition) is 1. The van der Waals surface area contributed by atoms with Crippen LogP contribution in [0.25, 0.3) is 0 Å². The minimum absolute atomic E-state index is 0.107. The summed E-state index contributed by atoms with van der Waals surface area (Å²) in [5, 5.41) is 3.45. The second-order valence-corrected chi connectivity index (χ2v) is 6.82. The van der Waals surface area contributed by atoms with E-state index >= 15 is 0 Å². The van der Waals surface area contributed by atoms with Gasteiger partial charge in [-0.05, 0) is 24.1 Å². The molecule has 0 saturated carbocycles. The summed E-state index contributed by atoms with van der Waals surface area (Å²) >= 11 is 0. The van der Waals surface area contributed by atoms with Gasteiger partial charge in [-0.25, -0.2) is 0 Å². The lowest BCUT2D eigenvalue weighted by atomic mass is 10.1. The van der Waals surface area contributed by atoms with Crippen LogP contribution in [0.4, 0.5) is 0 Å². The lowest BCUT2D eigenvalue weighted by Crippen LogP contribution is -2.17. The summed E-state index contributed by atoms with van der Waals surface area (Å²) < 4.78 is 0. The second-order valence-electron chi connectivity index (χ2n) is 4.55. The van der Waals surface area contributed by atoms with Gasteiger partial charge in [-0.15, -0.1) is 0 Å². The Labute approximate surface area is 95.2 Å². The van der Waals surface area contributed by atoms with Gasteiger partial charge >= 0.3 is 0 Å².